The monoisotopic (exact) mass is 550 g/mol. The number of benzene rings is 2. The van der Waals surface area contributed by atoms with Crippen molar-refractivity contribution < 1.29 is 40.7 Å². The predicted molar refractivity (Wildman–Crippen MR) is 124 cm³/mol. The van der Waals surface area contributed by atoms with E-state index in [2.05, 4.69) is 5.32 Å². The van der Waals surface area contributed by atoms with E-state index in [1.54, 1.807) is 45.0 Å². The summed E-state index contributed by atoms with van der Waals surface area (Å²) in [6, 6.07) is 6.60. The highest BCUT2D eigenvalue weighted by Crippen LogP contribution is 2.37. The maximum atomic E-state index is 13.3. The number of carbonyl (C=O) groups excluding carboxylic acids is 2. The Morgan fingerprint density at radius 3 is 1.97 bits per heavy atom. The summed E-state index contributed by atoms with van der Waals surface area (Å²) in [4.78, 5) is 27.0. The van der Waals surface area contributed by atoms with E-state index >= 15 is 0 Å². The number of halogens is 7. The molecule has 202 valence electrons. The number of alkyl halides is 6. The number of amides is 2. The van der Waals surface area contributed by atoms with Gasteiger partial charge in [-0.1, -0.05) is 23.7 Å². The summed E-state index contributed by atoms with van der Waals surface area (Å²) in [5.41, 5.74) is -4.02. The van der Waals surface area contributed by atoms with Crippen molar-refractivity contribution in [2.75, 3.05) is 13.1 Å². The molecule has 37 heavy (non-hydrogen) atoms. The van der Waals surface area contributed by atoms with Crippen LogP contribution in [0.4, 0.5) is 31.1 Å². The normalized spacial score (nSPS) is 18.9. The minimum Gasteiger partial charge on any atom is -0.444 e. The molecule has 2 amide bonds. The van der Waals surface area contributed by atoms with E-state index in [9.17, 15) is 35.9 Å². The van der Waals surface area contributed by atoms with Gasteiger partial charge in [-0.3, -0.25) is 4.79 Å². The third-order valence-electron chi connectivity index (χ3n) is 5.73. The first kappa shape index (κ1) is 28.6. The summed E-state index contributed by atoms with van der Waals surface area (Å²) in [6.07, 6.45) is -10.6. The molecule has 0 spiro atoms. The van der Waals surface area contributed by atoms with Crippen LogP contribution in [0.2, 0.25) is 5.02 Å². The molecule has 0 bridgehead atoms. The predicted octanol–water partition coefficient (Wildman–Crippen LogP) is 6.90. The molecule has 3 rings (SSSR count). The average molecular weight is 551 g/mol. The lowest BCUT2D eigenvalue weighted by atomic mass is 9.85. The fraction of sp³-hybridized carbons (Fsp3) is 0.440. The van der Waals surface area contributed by atoms with Crippen LogP contribution in [-0.2, 0) is 17.1 Å². The molecule has 1 unspecified atom stereocenters. The van der Waals surface area contributed by atoms with Gasteiger partial charge in [0.25, 0.3) is 5.91 Å². The molecular formula is C25H25ClF6N2O3. The zero-order chi connectivity index (χ0) is 27.8. The van der Waals surface area contributed by atoms with Crippen molar-refractivity contribution in [3.05, 3.63) is 69.7 Å². The molecule has 1 aliphatic rings. The van der Waals surface area contributed by atoms with Crippen molar-refractivity contribution in [2.45, 2.75) is 57.1 Å². The second-order valence-corrected chi connectivity index (χ2v) is 10.2. The quantitative estimate of drug-likeness (QED) is 0.423. The molecule has 1 saturated heterocycles. The number of ether oxygens (including phenoxy) is 1. The third kappa shape index (κ3) is 7.53. The van der Waals surface area contributed by atoms with Crippen molar-refractivity contribution in [1.29, 1.82) is 0 Å². The van der Waals surface area contributed by atoms with Crippen LogP contribution in [0.3, 0.4) is 0 Å². The Kier molecular flexibility index (Phi) is 8.07. The van der Waals surface area contributed by atoms with E-state index in [1.165, 1.54) is 4.90 Å². The van der Waals surface area contributed by atoms with Gasteiger partial charge in [-0.05, 0) is 63.1 Å². The molecule has 1 N–H and O–H groups in total. The number of nitrogens with one attached hydrogen (secondary N) is 1. The minimum absolute atomic E-state index is 0.0351. The molecule has 2 aromatic carbocycles. The van der Waals surface area contributed by atoms with E-state index in [-0.39, 0.29) is 25.6 Å². The second kappa shape index (κ2) is 10.4. The Hall–Kier alpha value is -2.95. The lowest BCUT2D eigenvalue weighted by molar-refractivity contribution is -0.143. The average Bonchev–Trinajstić information content (AvgIpc) is 2.77. The smallest absolute Gasteiger partial charge is 0.416 e. The molecule has 1 heterocycles. The van der Waals surface area contributed by atoms with Gasteiger partial charge in [-0.25, -0.2) is 4.79 Å². The summed E-state index contributed by atoms with van der Waals surface area (Å²) in [5.74, 6) is -1.62. The van der Waals surface area contributed by atoms with Gasteiger partial charge in [0, 0.05) is 35.6 Å². The lowest BCUT2D eigenvalue weighted by Crippen LogP contribution is -2.52. The minimum atomic E-state index is -5.08. The number of nitrogens with zero attached hydrogens (tertiary/aromatic N) is 1. The first-order valence-corrected chi connectivity index (χ1v) is 11.7. The zero-order valence-corrected chi connectivity index (χ0v) is 20.9. The van der Waals surface area contributed by atoms with Gasteiger partial charge < -0.3 is 15.0 Å². The standard InChI is InChI=1S/C25H25ClF6N2O3/c1-23(2,3)37-22(36)34-9-8-20(19(13-34)14-4-6-18(26)7-5-14)33-21(35)15-10-16(24(27,28)29)12-17(11-15)25(30,31)32/h4-7,10-12,19-20H,8-9,13H2,1-3H3,(H,33,35)/t19-,20?/m0/s1. The van der Waals surface area contributed by atoms with Crippen LogP contribution in [0.25, 0.3) is 0 Å². The van der Waals surface area contributed by atoms with Crippen molar-refractivity contribution in [3.8, 4) is 0 Å². The lowest BCUT2D eigenvalue weighted by Gasteiger charge is -2.39. The van der Waals surface area contributed by atoms with Gasteiger partial charge in [-0.15, -0.1) is 0 Å². The van der Waals surface area contributed by atoms with Crippen molar-refractivity contribution in [1.82, 2.24) is 10.2 Å². The van der Waals surface area contributed by atoms with Crippen LogP contribution in [-0.4, -0.2) is 41.6 Å². The van der Waals surface area contributed by atoms with Gasteiger partial charge in [0.05, 0.1) is 11.1 Å². The Morgan fingerprint density at radius 1 is 0.946 bits per heavy atom. The Balaban J connectivity index is 1.91. The topological polar surface area (TPSA) is 58.6 Å². The third-order valence-corrected chi connectivity index (χ3v) is 5.98. The van der Waals surface area contributed by atoms with E-state index in [4.69, 9.17) is 16.3 Å². The number of hydrogen-bond donors (Lipinski definition) is 1. The summed E-state index contributed by atoms with van der Waals surface area (Å²) in [7, 11) is 0. The highest BCUT2D eigenvalue weighted by atomic mass is 35.5. The van der Waals surface area contributed by atoms with Crippen molar-refractivity contribution in [3.63, 3.8) is 0 Å². The van der Waals surface area contributed by atoms with Gasteiger partial charge in [0.1, 0.15) is 5.60 Å². The van der Waals surface area contributed by atoms with Crippen molar-refractivity contribution >= 4 is 23.6 Å². The maximum Gasteiger partial charge on any atom is 0.416 e. The van der Waals surface area contributed by atoms with Crippen LogP contribution in [0.1, 0.15) is 60.2 Å². The highest BCUT2D eigenvalue weighted by molar-refractivity contribution is 6.30. The molecule has 5 nitrogen and oxygen atoms in total. The molecule has 1 fully saturated rings. The first-order valence-electron chi connectivity index (χ1n) is 11.3. The second-order valence-electron chi connectivity index (χ2n) is 9.75. The Bertz CT molecular complexity index is 1110. The maximum absolute atomic E-state index is 13.3. The molecule has 1 aliphatic heterocycles. The molecule has 0 saturated carbocycles. The Morgan fingerprint density at radius 2 is 1.49 bits per heavy atom. The summed E-state index contributed by atoms with van der Waals surface area (Å²) in [5, 5.41) is 3.02. The molecule has 0 radical (unpaired) electrons. The van der Waals surface area contributed by atoms with Gasteiger partial charge in [0.15, 0.2) is 0 Å². The van der Waals surface area contributed by atoms with Gasteiger partial charge in [0.2, 0.25) is 0 Å². The molecule has 2 aromatic rings. The summed E-state index contributed by atoms with van der Waals surface area (Å²) < 4.78 is 84.9. The fourth-order valence-corrected chi connectivity index (χ4v) is 4.13. The summed E-state index contributed by atoms with van der Waals surface area (Å²) >= 11 is 5.97. The van der Waals surface area contributed by atoms with Crippen LogP contribution in [0.5, 0.6) is 0 Å². The van der Waals surface area contributed by atoms with Crippen molar-refractivity contribution in [2.24, 2.45) is 0 Å². The molecular weight excluding hydrogens is 526 g/mol. The number of rotatable bonds is 3. The van der Waals surface area contributed by atoms with Gasteiger partial charge >= 0.3 is 18.4 Å². The number of piperidine rings is 1. The van der Waals surface area contributed by atoms with Gasteiger partial charge in [-0.2, -0.15) is 26.3 Å². The van der Waals surface area contributed by atoms with Crippen LogP contribution in [0, 0.1) is 0 Å². The van der Waals surface area contributed by atoms with Crippen LogP contribution >= 0.6 is 11.6 Å². The zero-order valence-electron chi connectivity index (χ0n) is 20.1. The van der Waals surface area contributed by atoms with E-state index in [0.717, 1.165) is 0 Å². The Labute approximate surface area is 214 Å². The molecule has 0 aliphatic carbocycles. The fourth-order valence-electron chi connectivity index (χ4n) is 4.00. The SMILES string of the molecule is CC(C)(C)OC(=O)N1CCC(NC(=O)c2cc(C(F)(F)F)cc(C(F)(F)F)c2)[C@H](c2ccc(Cl)cc2)C1. The first-order chi connectivity index (χ1) is 16.9. The number of likely N-dealkylation sites (tertiary alicyclic amines) is 1. The summed E-state index contributed by atoms with van der Waals surface area (Å²) in [6.45, 7) is 5.37. The van der Waals surface area contributed by atoms with Crippen LogP contribution in [0.15, 0.2) is 42.5 Å². The van der Waals surface area contributed by atoms with E-state index in [0.29, 0.717) is 22.7 Å². The molecule has 12 heteroatoms. The largest absolute Gasteiger partial charge is 0.444 e. The van der Waals surface area contributed by atoms with Crippen LogP contribution < -0.4 is 5.32 Å². The van der Waals surface area contributed by atoms with E-state index < -0.39 is 58.6 Å². The van der Waals surface area contributed by atoms with E-state index in [1.807, 2.05) is 0 Å². The molecule has 2 atom stereocenters. The number of carbonyl (C=O) groups is 2. The number of hydrogen-bond acceptors (Lipinski definition) is 3. The highest BCUT2D eigenvalue weighted by Gasteiger charge is 2.39. The molecule has 0 aromatic heterocycles.